The van der Waals surface area contributed by atoms with E-state index in [9.17, 15) is 10.4 Å². The number of hydrogen-bond acceptors (Lipinski definition) is 18. The maximum atomic E-state index is 11.5. The summed E-state index contributed by atoms with van der Waals surface area (Å²) in [6.45, 7) is 9.82. The molecule has 3 unspecified atom stereocenters. The Kier molecular flexibility index (Phi) is 32.4. The number of benzene rings is 5. The highest BCUT2D eigenvalue weighted by Crippen LogP contribution is 2.41. The average Bonchev–Trinajstić information content (AvgIpc) is 3.51. The lowest BCUT2D eigenvalue weighted by molar-refractivity contribution is -0.0212. The van der Waals surface area contributed by atoms with Gasteiger partial charge in [-0.2, -0.15) is 5.26 Å². The first-order chi connectivity index (χ1) is 39.3. The van der Waals surface area contributed by atoms with Crippen LogP contribution in [0.2, 0.25) is 0 Å². The summed E-state index contributed by atoms with van der Waals surface area (Å²) in [7, 11) is 3.99. The van der Waals surface area contributed by atoms with Gasteiger partial charge in [0.1, 0.15) is 5.41 Å². The van der Waals surface area contributed by atoms with Crippen molar-refractivity contribution in [1.29, 1.82) is 5.26 Å². The van der Waals surface area contributed by atoms with Gasteiger partial charge in [-0.25, -0.2) is 0 Å². The first-order valence-electron chi connectivity index (χ1n) is 27.7. The minimum absolute atomic E-state index is 0.00131. The van der Waals surface area contributed by atoms with E-state index in [0.29, 0.717) is 152 Å². The van der Waals surface area contributed by atoms with Gasteiger partial charge in [-0.15, -0.1) is 0 Å². The van der Waals surface area contributed by atoms with Gasteiger partial charge in [-0.1, -0.05) is 97.1 Å². The molecule has 5 rings (SSSR count). The zero-order valence-corrected chi connectivity index (χ0v) is 47.0. The molecule has 5 aromatic rings. The Bertz CT molecular complexity index is 2220. The number of nitrogens with two attached hydrogens (primary N) is 1. The van der Waals surface area contributed by atoms with Gasteiger partial charge >= 0.3 is 0 Å². The highest BCUT2D eigenvalue weighted by atomic mass is 16.6. The summed E-state index contributed by atoms with van der Waals surface area (Å²) in [5.41, 5.74) is 13.1. The van der Waals surface area contributed by atoms with Crippen molar-refractivity contribution in [3.05, 3.63) is 161 Å². The summed E-state index contributed by atoms with van der Waals surface area (Å²) in [6, 6.07) is 47.4. The number of nitrogens with zero attached hydrogens (tertiary/aromatic N) is 4. The van der Waals surface area contributed by atoms with E-state index in [0.717, 1.165) is 44.9 Å². The number of aliphatic hydroxyl groups is 3. The molecule has 0 heterocycles. The summed E-state index contributed by atoms with van der Waals surface area (Å²) in [5, 5.41) is 40.4. The Labute approximate surface area is 474 Å². The normalized spacial score (nSPS) is 12.9. The standard InChI is InChI=1S/C62H87N5O13/c1-65(2)58-19-13-54(14-20-58)62(51-63,55-15-21-59(22-16-55)66(45-52-9-5-3-6-10-52)47-57(64)49-79-43-41-77-39-37-75-35-33-73-31-29-71-27-25-68)56-17-23-60(24-18-56)67(46-53-11-7-4-8-12-53)48-61(70)50-80-44-42-78-40-38-76-36-34-74-32-30-72-28-26-69/h3-24,57,61,68-70H,25-50,64H2,1-2H3. The summed E-state index contributed by atoms with van der Waals surface area (Å²) >= 11 is 0. The van der Waals surface area contributed by atoms with E-state index in [1.165, 1.54) is 0 Å². The Hall–Kier alpha value is -5.57. The zero-order valence-electron chi connectivity index (χ0n) is 47.0. The maximum absolute atomic E-state index is 11.5. The molecule has 0 aliphatic heterocycles. The van der Waals surface area contributed by atoms with Crippen molar-refractivity contribution in [3.8, 4) is 6.07 Å². The molecule has 5 aromatic carbocycles. The Morgan fingerprint density at radius 3 is 1.07 bits per heavy atom. The van der Waals surface area contributed by atoms with Crippen LogP contribution in [0.5, 0.6) is 0 Å². The van der Waals surface area contributed by atoms with Crippen LogP contribution in [-0.4, -0.2) is 200 Å². The van der Waals surface area contributed by atoms with E-state index in [2.05, 4.69) is 52.3 Å². The van der Waals surface area contributed by atoms with Gasteiger partial charge in [0.05, 0.1) is 158 Å². The molecule has 0 saturated heterocycles. The second-order valence-corrected chi connectivity index (χ2v) is 19.0. The number of hydrogen-bond donors (Lipinski definition) is 4. The lowest BCUT2D eigenvalue weighted by Gasteiger charge is -2.32. The van der Waals surface area contributed by atoms with E-state index in [4.69, 9.17) is 63.3 Å². The minimum Gasteiger partial charge on any atom is -0.394 e. The molecule has 0 bridgehead atoms. The van der Waals surface area contributed by atoms with Crippen LogP contribution in [-0.2, 0) is 65.9 Å². The third kappa shape index (κ3) is 24.3. The molecule has 0 aromatic heterocycles. The Balaban J connectivity index is 1.22. The molecule has 0 spiro atoms. The molecular formula is C62H87N5O13. The first-order valence-corrected chi connectivity index (χ1v) is 27.7. The highest BCUT2D eigenvalue weighted by Gasteiger charge is 2.37. The van der Waals surface area contributed by atoms with Gasteiger partial charge in [0.25, 0.3) is 0 Å². The average molecular weight is 1110 g/mol. The van der Waals surface area contributed by atoms with Crippen LogP contribution in [0.3, 0.4) is 0 Å². The van der Waals surface area contributed by atoms with E-state index < -0.39 is 11.5 Å². The summed E-state index contributed by atoms with van der Waals surface area (Å²) in [4.78, 5) is 6.41. The third-order valence-corrected chi connectivity index (χ3v) is 12.7. The smallest absolute Gasteiger partial charge is 0.132 e. The van der Waals surface area contributed by atoms with Crippen molar-refractivity contribution in [3.63, 3.8) is 0 Å². The number of aliphatic hydroxyl groups excluding tert-OH is 3. The summed E-state index contributed by atoms with van der Waals surface area (Å²) in [5.74, 6) is 0. The lowest BCUT2D eigenvalue weighted by atomic mass is 9.70. The van der Waals surface area contributed by atoms with Gasteiger partial charge in [-0.05, 0) is 64.2 Å². The largest absolute Gasteiger partial charge is 0.394 e. The summed E-state index contributed by atoms with van der Waals surface area (Å²) in [6.07, 6.45) is -0.796. The summed E-state index contributed by atoms with van der Waals surface area (Å²) < 4.78 is 55.5. The monoisotopic (exact) mass is 1110 g/mol. The number of ether oxygens (including phenoxy) is 10. The van der Waals surface area contributed by atoms with Gasteiger partial charge in [0, 0.05) is 63.4 Å². The Morgan fingerprint density at radius 1 is 0.425 bits per heavy atom. The lowest BCUT2D eigenvalue weighted by Crippen LogP contribution is -2.40. The van der Waals surface area contributed by atoms with Crippen molar-refractivity contribution < 1.29 is 62.7 Å². The quantitative estimate of drug-likeness (QED) is 0.0281. The van der Waals surface area contributed by atoms with Crippen LogP contribution >= 0.6 is 0 Å². The van der Waals surface area contributed by atoms with Crippen molar-refractivity contribution in [2.75, 3.05) is 187 Å². The SMILES string of the molecule is CN(C)c1ccc(C(C#N)(c2ccc(N(Cc3ccccc3)CC(N)COCCOCCOCCOCCOCCO)cc2)c2ccc(N(Cc3ccccc3)CC(O)COCCOCCOCCOCCOCCO)cc2)cc1. The van der Waals surface area contributed by atoms with Crippen LogP contribution in [0.4, 0.5) is 17.1 Å². The zero-order chi connectivity index (χ0) is 56.7. The number of anilines is 3. The third-order valence-electron chi connectivity index (χ3n) is 12.7. The molecule has 80 heavy (non-hydrogen) atoms. The topological polar surface area (TPSA) is 213 Å². The predicted octanol–water partition coefficient (Wildman–Crippen LogP) is 5.46. The van der Waals surface area contributed by atoms with Gasteiger partial charge in [-0.3, -0.25) is 0 Å². The highest BCUT2D eigenvalue weighted by molar-refractivity contribution is 5.63. The van der Waals surface area contributed by atoms with Crippen molar-refractivity contribution in [2.24, 2.45) is 5.73 Å². The molecule has 3 atom stereocenters. The molecule has 0 saturated carbocycles. The number of nitriles is 1. The Morgan fingerprint density at radius 2 is 0.738 bits per heavy atom. The first kappa shape index (κ1) is 65.2. The molecule has 0 amide bonds. The van der Waals surface area contributed by atoms with Crippen molar-refractivity contribution in [2.45, 2.75) is 30.7 Å². The van der Waals surface area contributed by atoms with E-state index in [1.54, 1.807) is 0 Å². The maximum Gasteiger partial charge on any atom is 0.132 e. The van der Waals surface area contributed by atoms with Gasteiger partial charge in [0.15, 0.2) is 0 Å². The fourth-order valence-corrected chi connectivity index (χ4v) is 8.66. The van der Waals surface area contributed by atoms with Gasteiger partial charge in [0.2, 0.25) is 0 Å². The van der Waals surface area contributed by atoms with Crippen molar-refractivity contribution >= 4 is 17.1 Å². The van der Waals surface area contributed by atoms with Crippen molar-refractivity contribution in [1.82, 2.24) is 0 Å². The molecule has 18 heteroatoms. The van der Waals surface area contributed by atoms with Crippen LogP contribution in [0, 0.1) is 11.3 Å². The fraction of sp³-hybridized carbons (Fsp3) is 0.500. The molecule has 5 N–H and O–H groups in total. The molecular weight excluding hydrogens is 1020 g/mol. The van der Waals surface area contributed by atoms with Crippen LogP contribution in [0.25, 0.3) is 0 Å². The van der Waals surface area contributed by atoms with Crippen LogP contribution in [0.15, 0.2) is 133 Å². The number of rotatable bonds is 46. The van der Waals surface area contributed by atoms with Gasteiger partial charge < -0.3 is 83.1 Å². The second kappa shape index (κ2) is 39.8. The van der Waals surface area contributed by atoms with E-state index in [-0.39, 0.29) is 25.9 Å². The minimum atomic E-state index is -1.19. The molecule has 438 valence electrons. The second-order valence-electron chi connectivity index (χ2n) is 19.0. The van der Waals surface area contributed by atoms with E-state index >= 15 is 0 Å². The molecule has 0 aliphatic carbocycles. The molecule has 18 nitrogen and oxygen atoms in total. The molecule has 0 aliphatic rings. The molecule has 0 fully saturated rings. The van der Waals surface area contributed by atoms with E-state index in [1.807, 2.05) is 116 Å². The van der Waals surface area contributed by atoms with Crippen LogP contribution < -0.4 is 20.4 Å². The predicted molar refractivity (Wildman–Crippen MR) is 310 cm³/mol. The van der Waals surface area contributed by atoms with Crippen LogP contribution in [0.1, 0.15) is 27.8 Å². The molecule has 0 radical (unpaired) electrons. The fourth-order valence-electron chi connectivity index (χ4n) is 8.66.